The van der Waals surface area contributed by atoms with Crippen molar-refractivity contribution in [3.63, 3.8) is 0 Å². The Hall–Kier alpha value is -0.290. The molecular weight excluding hydrogens is 219 g/mol. The van der Waals surface area contributed by atoms with Gasteiger partial charge in [0.1, 0.15) is 0 Å². The first-order chi connectivity index (χ1) is 7.35. The molecule has 0 aliphatic rings. The summed E-state index contributed by atoms with van der Waals surface area (Å²) in [4.78, 5) is 0. The molecule has 2 unspecified atom stereocenters. The molecule has 0 aromatic heterocycles. The molecule has 2 nitrogen and oxygen atoms in total. The number of nitrogens with one attached hydrogen (secondary N) is 1. The predicted octanol–water partition coefficient (Wildman–Crippen LogP) is 3.12. The zero-order valence-corrected chi connectivity index (χ0v) is 10.2. The third-order valence-electron chi connectivity index (χ3n) is 2.26. The van der Waals surface area contributed by atoms with Gasteiger partial charge in [-0.05, 0) is 20.3 Å². The smallest absolute Gasteiger partial charge is 0.377 e. The van der Waals surface area contributed by atoms with Crippen LogP contribution in [-0.4, -0.2) is 31.5 Å². The minimum absolute atomic E-state index is 0.179. The minimum atomic E-state index is -4.12. The van der Waals surface area contributed by atoms with E-state index in [-0.39, 0.29) is 12.7 Å². The molecule has 16 heavy (non-hydrogen) atoms. The monoisotopic (exact) mass is 241 g/mol. The Bertz CT molecular complexity index is 173. The van der Waals surface area contributed by atoms with E-state index in [4.69, 9.17) is 4.74 Å². The van der Waals surface area contributed by atoms with E-state index >= 15 is 0 Å². The third kappa shape index (κ3) is 10.2. The second-order valence-corrected chi connectivity index (χ2v) is 4.14. The summed E-state index contributed by atoms with van der Waals surface area (Å²) in [5, 5.41) is 3.22. The van der Waals surface area contributed by atoms with Gasteiger partial charge in [-0.1, -0.05) is 13.3 Å². The maximum Gasteiger partial charge on any atom is 0.391 e. The van der Waals surface area contributed by atoms with Crippen molar-refractivity contribution in [1.29, 1.82) is 0 Å². The van der Waals surface area contributed by atoms with Gasteiger partial charge < -0.3 is 10.1 Å². The third-order valence-corrected chi connectivity index (χ3v) is 2.26. The first-order valence-corrected chi connectivity index (χ1v) is 5.77. The average Bonchev–Trinajstić information content (AvgIpc) is 2.13. The minimum Gasteiger partial charge on any atom is -0.377 e. The molecule has 0 saturated carbocycles. The largest absolute Gasteiger partial charge is 0.391 e. The summed E-state index contributed by atoms with van der Waals surface area (Å²) in [5.74, 6) is 0. The summed E-state index contributed by atoms with van der Waals surface area (Å²) in [7, 11) is 0. The van der Waals surface area contributed by atoms with Gasteiger partial charge in [0.05, 0.1) is 19.1 Å². The van der Waals surface area contributed by atoms with Crippen LogP contribution >= 0.6 is 0 Å². The van der Waals surface area contributed by atoms with Crippen molar-refractivity contribution >= 4 is 0 Å². The van der Waals surface area contributed by atoms with Crippen molar-refractivity contribution in [1.82, 2.24) is 5.32 Å². The predicted molar refractivity (Wildman–Crippen MR) is 58.5 cm³/mol. The highest BCUT2D eigenvalue weighted by molar-refractivity contribution is 4.63. The highest BCUT2D eigenvalue weighted by Crippen LogP contribution is 2.19. The normalized spacial score (nSPS) is 16.1. The highest BCUT2D eigenvalue weighted by atomic mass is 19.4. The van der Waals surface area contributed by atoms with Crippen molar-refractivity contribution in [2.24, 2.45) is 0 Å². The van der Waals surface area contributed by atoms with Crippen LogP contribution in [0, 0.1) is 0 Å². The lowest BCUT2D eigenvalue weighted by Gasteiger charge is -2.18. The standard InChI is InChI=1S/C11H22F3NO/c1-4-5-9(2)15-8-10(3)16-7-6-11(12,13)14/h9-10,15H,4-8H2,1-3H3. The Morgan fingerprint density at radius 2 is 1.88 bits per heavy atom. The molecule has 0 aliphatic carbocycles. The van der Waals surface area contributed by atoms with E-state index in [1.165, 1.54) is 0 Å². The van der Waals surface area contributed by atoms with Gasteiger partial charge in [-0.15, -0.1) is 0 Å². The molecule has 0 amide bonds. The maximum atomic E-state index is 11.8. The Balaban J connectivity index is 3.48. The van der Waals surface area contributed by atoms with Gasteiger partial charge in [0, 0.05) is 12.6 Å². The second kappa shape index (κ2) is 7.90. The van der Waals surface area contributed by atoms with Gasteiger partial charge in [-0.2, -0.15) is 13.2 Å². The molecule has 0 aromatic carbocycles. The van der Waals surface area contributed by atoms with Crippen LogP contribution in [-0.2, 0) is 4.74 Å². The lowest BCUT2D eigenvalue weighted by molar-refractivity contribution is -0.148. The average molecular weight is 241 g/mol. The zero-order chi connectivity index (χ0) is 12.6. The molecule has 2 atom stereocenters. The molecule has 0 heterocycles. The van der Waals surface area contributed by atoms with E-state index in [0.29, 0.717) is 12.6 Å². The molecule has 0 radical (unpaired) electrons. The number of alkyl halides is 3. The fraction of sp³-hybridized carbons (Fsp3) is 1.00. The highest BCUT2D eigenvalue weighted by Gasteiger charge is 2.26. The van der Waals surface area contributed by atoms with Crippen molar-refractivity contribution in [2.75, 3.05) is 13.2 Å². The molecule has 0 saturated heterocycles. The Morgan fingerprint density at radius 3 is 2.38 bits per heavy atom. The van der Waals surface area contributed by atoms with E-state index in [1.807, 2.05) is 0 Å². The molecule has 0 aliphatic heterocycles. The SMILES string of the molecule is CCCC(C)NCC(C)OCCC(F)(F)F. The van der Waals surface area contributed by atoms with Gasteiger partial charge in [-0.3, -0.25) is 0 Å². The molecule has 1 N–H and O–H groups in total. The summed E-state index contributed by atoms with van der Waals surface area (Å²) < 4.78 is 40.5. The summed E-state index contributed by atoms with van der Waals surface area (Å²) in [6.07, 6.45) is -3.02. The molecule has 98 valence electrons. The number of hydrogen-bond acceptors (Lipinski definition) is 2. The van der Waals surface area contributed by atoms with Gasteiger partial charge in [0.25, 0.3) is 0 Å². The number of ether oxygens (including phenoxy) is 1. The van der Waals surface area contributed by atoms with Crippen molar-refractivity contribution in [3.05, 3.63) is 0 Å². The first-order valence-electron chi connectivity index (χ1n) is 5.77. The van der Waals surface area contributed by atoms with Crippen LogP contribution in [0.1, 0.15) is 40.0 Å². The van der Waals surface area contributed by atoms with Crippen LogP contribution < -0.4 is 5.32 Å². The van der Waals surface area contributed by atoms with E-state index in [2.05, 4.69) is 19.2 Å². The van der Waals surface area contributed by atoms with Gasteiger partial charge in [0.2, 0.25) is 0 Å². The lowest BCUT2D eigenvalue weighted by atomic mass is 10.2. The topological polar surface area (TPSA) is 21.3 Å². The summed E-state index contributed by atoms with van der Waals surface area (Å²) in [6, 6.07) is 0.388. The fourth-order valence-corrected chi connectivity index (χ4v) is 1.34. The van der Waals surface area contributed by atoms with E-state index in [1.54, 1.807) is 6.92 Å². The number of hydrogen-bond donors (Lipinski definition) is 1. The summed E-state index contributed by atoms with van der Waals surface area (Å²) >= 11 is 0. The van der Waals surface area contributed by atoms with E-state index in [9.17, 15) is 13.2 Å². The van der Waals surface area contributed by atoms with Crippen molar-refractivity contribution < 1.29 is 17.9 Å². The van der Waals surface area contributed by atoms with Gasteiger partial charge >= 0.3 is 6.18 Å². The Morgan fingerprint density at radius 1 is 1.25 bits per heavy atom. The molecule has 0 aromatic rings. The first kappa shape index (κ1) is 15.7. The molecule has 0 bridgehead atoms. The van der Waals surface area contributed by atoms with Crippen LogP contribution in [0.25, 0.3) is 0 Å². The van der Waals surface area contributed by atoms with Gasteiger partial charge in [0.15, 0.2) is 0 Å². The second-order valence-electron chi connectivity index (χ2n) is 4.14. The molecular formula is C11H22F3NO. The van der Waals surface area contributed by atoms with E-state index in [0.717, 1.165) is 12.8 Å². The van der Waals surface area contributed by atoms with Crippen LogP contribution in [0.3, 0.4) is 0 Å². The Labute approximate surface area is 95.5 Å². The van der Waals surface area contributed by atoms with Gasteiger partial charge in [-0.25, -0.2) is 0 Å². The molecule has 0 rings (SSSR count). The number of rotatable bonds is 8. The molecule has 5 heteroatoms. The summed E-state index contributed by atoms with van der Waals surface area (Å²) in [6.45, 7) is 6.28. The fourth-order valence-electron chi connectivity index (χ4n) is 1.34. The quantitative estimate of drug-likeness (QED) is 0.705. The zero-order valence-electron chi connectivity index (χ0n) is 10.2. The molecule has 0 spiro atoms. The van der Waals surface area contributed by atoms with Crippen molar-refractivity contribution in [2.45, 2.75) is 58.4 Å². The van der Waals surface area contributed by atoms with E-state index < -0.39 is 12.6 Å². The van der Waals surface area contributed by atoms with Crippen molar-refractivity contribution in [3.8, 4) is 0 Å². The molecule has 0 fully saturated rings. The lowest BCUT2D eigenvalue weighted by Crippen LogP contribution is -2.34. The Kier molecular flexibility index (Phi) is 7.76. The van der Waals surface area contributed by atoms with Crippen LogP contribution in [0.5, 0.6) is 0 Å². The van der Waals surface area contributed by atoms with Crippen LogP contribution in [0.2, 0.25) is 0 Å². The maximum absolute atomic E-state index is 11.8. The number of halogens is 3. The van der Waals surface area contributed by atoms with Crippen LogP contribution in [0.15, 0.2) is 0 Å². The summed E-state index contributed by atoms with van der Waals surface area (Å²) in [5.41, 5.74) is 0. The van der Waals surface area contributed by atoms with Crippen LogP contribution in [0.4, 0.5) is 13.2 Å².